The van der Waals surface area contributed by atoms with E-state index in [1.54, 1.807) is 7.05 Å². The first-order chi connectivity index (χ1) is 10.6. The first kappa shape index (κ1) is 14.5. The maximum Gasteiger partial charge on any atom is 0.330 e. The monoisotopic (exact) mass is 314 g/mol. The van der Waals surface area contributed by atoms with Crippen molar-refractivity contribution in [3.8, 4) is 0 Å². The Bertz CT molecular complexity index is 956. The third-order valence-corrected chi connectivity index (χ3v) is 4.53. The van der Waals surface area contributed by atoms with Gasteiger partial charge in [-0.25, -0.2) is 14.8 Å². The van der Waals surface area contributed by atoms with Gasteiger partial charge >= 0.3 is 5.69 Å². The lowest BCUT2D eigenvalue weighted by Crippen LogP contribution is -2.37. The first-order valence-electron chi connectivity index (χ1n) is 6.66. The van der Waals surface area contributed by atoms with E-state index in [1.807, 2.05) is 24.3 Å². The normalized spacial score (nSPS) is 11.0. The fourth-order valence-electron chi connectivity index (χ4n) is 2.15. The van der Waals surface area contributed by atoms with Crippen LogP contribution in [0.15, 0.2) is 51.3 Å². The predicted molar refractivity (Wildman–Crippen MR) is 86.0 cm³/mol. The molecule has 2 aromatic heterocycles. The van der Waals surface area contributed by atoms with Crippen LogP contribution in [0.25, 0.3) is 10.9 Å². The Labute approximate surface area is 130 Å². The van der Waals surface area contributed by atoms with Crippen LogP contribution in [0.5, 0.6) is 0 Å². The zero-order valence-electron chi connectivity index (χ0n) is 12.2. The van der Waals surface area contributed by atoms with Crippen LogP contribution < -0.4 is 11.2 Å². The highest BCUT2D eigenvalue weighted by atomic mass is 32.2. The summed E-state index contributed by atoms with van der Waals surface area (Å²) in [4.78, 5) is 32.2. The Hall–Kier alpha value is -2.41. The minimum atomic E-state index is -0.323. The van der Waals surface area contributed by atoms with Gasteiger partial charge in [-0.1, -0.05) is 30.0 Å². The molecule has 0 atom stereocenters. The van der Waals surface area contributed by atoms with Gasteiger partial charge in [0.05, 0.1) is 5.52 Å². The van der Waals surface area contributed by atoms with Gasteiger partial charge in [0.15, 0.2) is 0 Å². The Morgan fingerprint density at radius 1 is 1.09 bits per heavy atom. The van der Waals surface area contributed by atoms with E-state index in [2.05, 4.69) is 9.97 Å². The van der Waals surface area contributed by atoms with Crippen molar-refractivity contribution in [1.29, 1.82) is 0 Å². The summed E-state index contributed by atoms with van der Waals surface area (Å²) in [5.41, 5.74) is 0.917. The van der Waals surface area contributed by atoms with E-state index in [0.29, 0.717) is 11.4 Å². The molecule has 112 valence electrons. The van der Waals surface area contributed by atoms with Crippen molar-refractivity contribution >= 4 is 22.7 Å². The van der Waals surface area contributed by atoms with E-state index in [4.69, 9.17) is 0 Å². The number of thioether (sulfide) groups is 1. The second-order valence-electron chi connectivity index (χ2n) is 4.86. The Balaban J connectivity index is 1.96. The maximum atomic E-state index is 11.9. The summed E-state index contributed by atoms with van der Waals surface area (Å²) in [6.45, 7) is 0. The maximum absolute atomic E-state index is 11.9. The van der Waals surface area contributed by atoms with Crippen molar-refractivity contribution in [2.75, 3.05) is 0 Å². The minimum Gasteiger partial charge on any atom is -0.300 e. The summed E-state index contributed by atoms with van der Waals surface area (Å²) in [5.74, 6) is 0.489. The van der Waals surface area contributed by atoms with Gasteiger partial charge < -0.3 is 0 Å². The van der Waals surface area contributed by atoms with Crippen LogP contribution in [0, 0.1) is 0 Å². The van der Waals surface area contributed by atoms with Crippen LogP contribution in [0.2, 0.25) is 0 Å². The summed E-state index contributed by atoms with van der Waals surface area (Å²) in [6, 6.07) is 9.23. The first-order valence-corrected chi connectivity index (χ1v) is 7.65. The standard InChI is InChI=1S/C15H14N4O2S/c1-18-10(7-13(20)19(2)15(18)21)8-22-14-11-5-3-4-6-12(11)16-9-17-14/h3-7,9H,8H2,1-2H3. The Morgan fingerprint density at radius 2 is 1.86 bits per heavy atom. The fourth-order valence-corrected chi connectivity index (χ4v) is 3.17. The highest BCUT2D eigenvalue weighted by Crippen LogP contribution is 2.26. The molecule has 22 heavy (non-hydrogen) atoms. The van der Waals surface area contributed by atoms with Crippen LogP contribution in [-0.2, 0) is 19.8 Å². The zero-order valence-corrected chi connectivity index (χ0v) is 13.0. The van der Waals surface area contributed by atoms with Crippen LogP contribution in [0.1, 0.15) is 5.69 Å². The molecule has 0 spiro atoms. The average molecular weight is 314 g/mol. The number of aromatic nitrogens is 4. The van der Waals surface area contributed by atoms with Crippen LogP contribution >= 0.6 is 11.8 Å². The number of rotatable bonds is 3. The van der Waals surface area contributed by atoms with E-state index >= 15 is 0 Å². The van der Waals surface area contributed by atoms with Gasteiger partial charge in [0.1, 0.15) is 11.4 Å². The van der Waals surface area contributed by atoms with Crippen molar-refractivity contribution in [3.05, 3.63) is 63.2 Å². The van der Waals surface area contributed by atoms with Crippen LogP contribution in [-0.4, -0.2) is 19.1 Å². The van der Waals surface area contributed by atoms with E-state index in [0.717, 1.165) is 20.5 Å². The largest absolute Gasteiger partial charge is 0.330 e. The minimum absolute atomic E-state index is 0.300. The van der Waals surface area contributed by atoms with Gasteiger partial charge in [-0.05, 0) is 6.07 Å². The van der Waals surface area contributed by atoms with E-state index in [-0.39, 0.29) is 11.2 Å². The van der Waals surface area contributed by atoms with Crippen LogP contribution in [0.4, 0.5) is 0 Å². The van der Waals surface area contributed by atoms with E-state index in [9.17, 15) is 9.59 Å². The molecule has 0 saturated heterocycles. The predicted octanol–water partition coefficient (Wildman–Crippen LogP) is 1.32. The van der Waals surface area contributed by atoms with Gasteiger partial charge in [0, 0.05) is 37.0 Å². The number of hydrogen-bond donors (Lipinski definition) is 0. The number of nitrogens with zero attached hydrogens (tertiary/aromatic N) is 4. The summed E-state index contributed by atoms with van der Waals surface area (Å²) in [6.07, 6.45) is 1.52. The lowest BCUT2D eigenvalue weighted by molar-refractivity contribution is 0.665. The summed E-state index contributed by atoms with van der Waals surface area (Å²) in [7, 11) is 3.13. The third kappa shape index (κ3) is 2.55. The lowest BCUT2D eigenvalue weighted by Gasteiger charge is -2.09. The molecule has 7 heteroatoms. The van der Waals surface area contributed by atoms with Crippen molar-refractivity contribution in [2.24, 2.45) is 14.1 Å². The SMILES string of the molecule is Cn1c(CSc2ncnc3ccccc23)cc(=O)n(C)c1=O. The molecule has 0 bridgehead atoms. The highest BCUT2D eigenvalue weighted by Gasteiger charge is 2.09. The van der Waals surface area contributed by atoms with E-state index < -0.39 is 0 Å². The number of fused-ring (bicyclic) bond motifs is 1. The third-order valence-electron chi connectivity index (χ3n) is 3.49. The number of benzene rings is 1. The molecule has 0 amide bonds. The average Bonchev–Trinajstić information content (AvgIpc) is 2.55. The zero-order chi connectivity index (χ0) is 15.7. The second kappa shape index (κ2) is 5.76. The van der Waals surface area contributed by atoms with Crippen LogP contribution in [0.3, 0.4) is 0 Å². The van der Waals surface area contributed by atoms with E-state index in [1.165, 1.54) is 35.8 Å². The van der Waals surface area contributed by atoms with Gasteiger partial charge in [0.25, 0.3) is 5.56 Å². The summed E-state index contributed by atoms with van der Waals surface area (Å²) < 4.78 is 2.58. The van der Waals surface area contributed by atoms with Gasteiger partial charge in [-0.2, -0.15) is 0 Å². The molecule has 0 aliphatic heterocycles. The topological polar surface area (TPSA) is 69.8 Å². The summed E-state index contributed by atoms with van der Waals surface area (Å²) >= 11 is 1.48. The molecule has 0 N–H and O–H groups in total. The van der Waals surface area contributed by atoms with Gasteiger partial charge in [-0.3, -0.25) is 13.9 Å². The molecule has 3 rings (SSSR count). The smallest absolute Gasteiger partial charge is 0.300 e. The van der Waals surface area contributed by atoms with Gasteiger partial charge in [0.2, 0.25) is 0 Å². The Kier molecular flexibility index (Phi) is 3.81. The summed E-state index contributed by atoms with van der Waals surface area (Å²) in [5, 5.41) is 1.79. The lowest BCUT2D eigenvalue weighted by atomic mass is 10.2. The molecule has 0 saturated carbocycles. The Morgan fingerprint density at radius 3 is 2.68 bits per heavy atom. The van der Waals surface area contributed by atoms with Crippen molar-refractivity contribution in [3.63, 3.8) is 0 Å². The van der Waals surface area contributed by atoms with Crippen molar-refractivity contribution in [2.45, 2.75) is 10.8 Å². The molecule has 0 aliphatic rings. The molecule has 0 unspecified atom stereocenters. The van der Waals surface area contributed by atoms with Crippen molar-refractivity contribution in [1.82, 2.24) is 19.1 Å². The van der Waals surface area contributed by atoms with Gasteiger partial charge in [-0.15, -0.1) is 0 Å². The molecular weight excluding hydrogens is 300 g/mol. The molecule has 0 aliphatic carbocycles. The van der Waals surface area contributed by atoms with Crippen molar-refractivity contribution < 1.29 is 0 Å². The number of para-hydroxylation sites is 1. The quantitative estimate of drug-likeness (QED) is 0.539. The molecule has 6 nitrogen and oxygen atoms in total. The fraction of sp³-hybridized carbons (Fsp3) is 0.200. The molecular formula is C15H14N4O2S. The molecule has 1 aromatic carbocycles. The highest BCUT2D eigenvalue weighted by molar-refractivity contribution is 7.98. The molecule has 0 fully saturated rings. The molecule has 3 aromatic rings. The molecule has 2 heterocycles. The number of hydrogen-bond acceptors (Lipinski definition) is 5. The molecule has 0 radical (unpaired) electrons. The second-order valence-corrected chi connectivity index (χ2v) is 5.82.